The molecule has 4 nitrogen and oxygen atoms in total. The Labute approximate surface area is 119 Å². The first-order valence-corrected chi connectivity index (χ1v) is 6.70. The maximum Gasteiger partial charge on any atom is 0.238 e. The van der Waals surface area contributed by atoms with Crippen molar-refractivity contribution in [3.63, 3.8) is 0 Å². The Morgan fingerprint density at radius 1 is 1.47 bits per heavy atom. The second-order valence-corrected chi connectivity index (χ2v) is 5.72. The van der Waals surface area contributed by atoms with Crippen LogP contribution < -0.4 is 11.1 Å². The third-order valence-electron chi connectivity index (χ3n) is 3.55. The number of carbonyl (C=O) groups excluding carboxylic acids is 1. The highest BCUT2D eigenvalue weighted by Gasteiger charge is 2.23. The van der Waals surface area contributed by atoms with E-state index in [1.54, 1.807) is 18.2 Å². The van der Waals surface area contributed by atoms with Crippen LogP contribution in [0.15, 0.2) is 18.2 Å². The fourth-order valence-corrected chi connectivity index (χ4v) is 1.76. The van der Waals surface area contributed by atoms with Crippen molar-refractivity contribution in [2.75, 3.05) is 24.6 Å². The van der Waals surface area contributed by atoms with Gasteiger partial charge in [-0.15, -0.1) is 0 Å². The zero-order valence-electron chi connectivity index (χ0n) is 12.0. The summed E-state index contributed by atoms with van der Waals surface area (Å²) >= 11 is 6.02. The summed E-state index contributed by atoms with van der Waals surface area (Å²) in [5.41, 5.74) is 6.76. The second-order valence-electron chi connectivity index (χ2n) is 5.31. The van der Waals surface area contributed by atoms with Gasteiger partial charge in [-0.1, -0.05) is 18.5 Å². The Bertz CT molecular complexity index is 460. The van der Waals surface area contributed by atoms with Crippen molar-refractivity contribution in [2.24, 2.45) is 0 Å². The summed E-state index contributed by atoms with van der Waals surface area (Å²) in [7, 11) is 1.94. The molecule has 106 valence electrons. The normalized spacial score (nSPS) is 11.7. The van der Waals surface area contributed by atoms with Crippen LogP contribution in [-0.2, 0) is 4.79 Å². The number of nitrogens with zero attached hydrogens (tertiary/aromatic N) is 1. The van der Waals surface area contributed by atoms with Crippen molar-refractivity contribution >= 4 is 28.9 Å². The molecule has 0 saturated carbocycles. The molecule has 0 heterocycles. The fourth-order valence-electron chi connectivity index (χ4n) is 1.52. The molecule has 1 rings (SSSR count). The second kappa shape index (κ2) is 6.26. The van der Waals surface area contributed by atoms with Gasteiger partial charge in [-0.25, -0.2) is 0 Å². The molecule has 19 heavy (non-hydrogen) atoms. The third-order valence-corrected chi connectivity index (χ3v) is 3.86. The van der Waals surface area contributed by atoms with Gasteiger partial charge in [-0.05, 0) is 45.5 Å². The van der Waals surface area contributed by atoms with Crippen LogP contribution in [0.5, 0.6) is 0 Å². The van der Waals surface area contributed by atoms with Gasteiger partial charge in [0.15, 0.2) is 0 Å². The molecule has 0 aliphatic heterocycles. The number of halogens is 1. The minimum absolute atomic E-state index is 0.0117. The number of nitrogens with one attached hydrogen (secondary N) is 1. The van der Waals surface area contributed by atoms with E-state index in [9.17, 15) is 4.79 Å². The number of hydrogen-bond donors (Lipinski definition) is 2. The van der Waals surface area contributed by atoms with E-state index in [1.807, 2.05) is 11.9 Å². The van der Waals surface area contributed by atoms with Crippen LogP contribution in [0.4, 0.5) is 11.4 Å². The van der Waals surface area contributed by atoms with Gasteiger partial charge in [0, 0.05) is 11.2 Å². The molecule has 0 aromatic heterocycles. The van der Waals surface area contributed by atoms with Crippen molar-refractivity contribution in [1.82, 2.24) is 4.90 Å². The Morgan fingerprint density at radius 3 is 2.63 bits per heavy atom. The molecule has 1 aromatic rings. The van der Waals surface area contributed by atoms with E-state index in [4.69, 9.17) is 17.3 Å². The van der Waals surface area contributed by atoms with Crippen molar-refractivity contribution in [2.45, 2.75) is 32.7 Å². The van der Waals surface area contributed by atoms with Gasteiger partial charge in [0.1, 0.15) is 0 Å². The van der Waals surface area contributed by atoms with E-state index < -0.39 is 0 Å². The number of rotatable bonds is 5. The molecule has 0 saturated heterocycles. The largest absolute Gasteiger partial charge is 0.399 e. The summed E-state index contributed by atoms with van der Waals surface area (Å²) in [6.45, 7) is 6.64. The minimum atomic E-state index is -0.0873. The monoisotopic (exact) mass is 283 g/mol. The molecular formula is C14H22ClN3O. The number of likely N-dealkylation sites (N-methyl/N-ethyl adjacent to an activating group) is 1. The number of amides is 1. The Balaban J connectivity index is 2.65. The van der Waals surface area contributed by atoms with Gasteiger partial charge in [0.25, 0.3) is 0 Å². The predicted octanol–water partition coefficient (Wildman–Crippen LogP) is 2.98. The van der Waals surface area contributed by atoms with Crippen LogP contribution in [0, 0.1) is 0 Å². The van der Waals surface area contributed by atoms with Gasteiger partial charge < -0.3 is 11.1 Å². The third kappa shape index (κ3) is 4.40. The van der Waals surface area contributed by atoms with Gasteiger partial charge in [-0.3, -0.25) is 9.69 Å². The predicted molar refractivity (Wildman–Crippen MR) is 81.5 cm³/mol. The lowest BCUT2D eigenvalue weighted by Gasteiger charge is -2.34. The molecule has 0 unspecified atom stereocenters. The summed E-state index contributed by atoms with van der Waals surface area (Å²) in [6.07, 6.45) is 0.972. The van der Waals surface area contributed by atoms with Gasteiger partial charge in [0.05, 0.1) is 17.3 Å². The molecule has 1 aromatic carbocycles. The Kier molecular flexibility index (Phi) is 5.20. The van der Waals surface area contributed by atoms with Gasteiger partial charge >= 0.3 is 0 Å². The van der Waals surface area contributed by atoms with Crippen molar-refractivity contribution in [3.05, 3.63) is 23.2 Å². The van der Waals surface area contributed by atoms with Crippen LogP contribution in [0.25, 0.3) is 0 Å². The van der Waals surface area contributed by atoms with Gasteiger partial charge in [0.2, 0.25) is 5.91 Å². The SMILES string of the molecule is CCC(C)(C)N(C)CC(=O)Nc1ccc(N)cc1Cl. The molecule has 0 fully saturated rings. The molecule has 0 radical (unpaired) electrons. The van der Waals surface area contributed by atoms with Crippen molar-refractivity contribution in [1.29, 1.82) is 0 Å². The molecule has 0 aliphatic rings. The maximum absolute atomic E-state index is 12.0. The van der Waals surface area contributed by atoms with Crippen molar-refractivity contribution in [3.8, 4) is 0 Å². The van der Waals surface area contributed by atoms with Crippen LogP contribution >= 0.6 is 11.6 Å². The molecule has 5 heteroatoms. The lowest BCUT2D eigenvalue weighted by Crippen LogP contribution is -2.44. The average Bonchev–Trinajstić information content (AvgIpc) is 2.32. The fraction of sp³-hybridized carbons (Fsp3) is 0.500. The van der Waals surface area contributed by atoms with Crippen molar-refractivity contribution < 1.29 is 4.79 Å². The molecule has 1 amide bonds. The first-order valence-electron chi connectivity index (χ1n) is 6.32. The standard InChI is InChI=1S/C14H22ClN3O/c1-5-14(2,3)18(4)9-13(19)17-12-7-6-10(16)8-11(12)15/h6-8H,5,9,16H2,1-4H3,(H,17,19). The first-order chi connectivity index (χ1) is 8.76. The number of carbonyl (C=O) groups is 1. The quantitative estimate of drug-likeness (QED) is 0.817. The topological polar surface area (TPSA) is 58.4 Å². The summed E-state index contributed by atoms with van der Waals surface area (Å²) in [4.78, 5) is 14.0. The van der Waals surface area contributed by atoms with Crippen LogP contribution in [0.2, 0.25) is 5.02 Å². The van der Waals surface area contributed by atoms with Crippen LogP contribution in [-0.4, -0.2) is 29.9 Å². The molecule has 0 bridgehead atoms. The number of benzene rings is 1. The highest BCUT2D eigenvalue weighted by atomic mass is 35.5. The summed E-state index contributed by atoms with van der Waals surface area (Å²) in [5, 5.41) is 3.25. The average molecular weight is 284 g/mol. The van der Waals surface area contributed by atoms with Gasteiger partial charge in [-0.2, -0.15) is 0 Å². The summed E-state index contributed by atoms with van der Waals surface area (Å²) < 4.78 is 0. The Morgan fingerprint density at radius 2 is 2.11 bits per heavy atom. The lowest BCUT2D eigenvalue weighted by molar-refractivity contribution is -0.118. The van der Waals surface area contributed by atoms with E-state index >= 15 is 0 Å². The highest BCUT2D eigenvalue weighted by Crippen LogP contribution is 2.24. The maximum atomic E-state index is 12.0. The van der Waals surface area contributed by atoms with E-state index in [0.29, 0.717) is 22.9 Å². The molecular weight excluding hydrogens is 262 g/mol. The van der Waals surface area contributed by atoms with Crippen LogP contribution in [0.1, 0.15) is 27.2 Å². The number of anilines is 2. The zero-order chi connectivity index (χ0) is 14.6. The molecule has 3 N–H and O–H groups in total. The zero-order valence-corrected chi connectivity index (χ0v) is 12.7. The molecule has 0 spiro atoms. The number of hydrogen-bond acceptors (Lipinski definition) is 3. The smallest absolute Gasteiger partial charge is 0.238 e. The summed E-state index contributed by atoms with van der Waals surface area (Å²) in [5.74, 6) is -0.0873. The minimum Gasteiger partial charge on any atom is -0.399 e. The van der Waals surface area contributed by atoms with E-state index in [0.717, 1.165) is 6.42 Å². The first kappa shape index (κ1) is 15.8. The van der Waals surface area contributed by atoms with E-state index in [-0.39, 0.29) is 11.4 Å². The van der Waals surface area contributed by atoms with E-state index in [2.05, 4.69) is 26.1 Å². The summed E-state index contributed by atoms with van der Waals surface area (Å²) in [6, 6.07) is 5.04. The van der Waals surface area contributed by atoms with E-state index in [1.165, 1.54) is 0 Å². The lowest BCUT2D eigenvalue weighted by atomic mass is 10.0. The molecule has 0 atom stereocenters. The molecule has 0 aliphatic carbocycles. The Hall–Kier alpha value is -1.26. The number of nitrogen functional groups attached to an aromatic ring is 1. The highest BCUT2D eigenvalue weighted by molar-refractivity contribution is 6.34. The number of nitrogens with two attached hydrogens (primary N) is 1. The van der Waals surface area contributed by atoms with Crippen LogP contribution in [0.3, 0.4) is 0 Å².